The molecule has 4 unspecified atom stereocenters. The van der Waals surface area contributed by atoms with Crippen LogP contribution in [-0.4, -0.2) is 66.4 Å². The van der Waals surface area contributed by atoms with Crippen LogP contribution >= 0.6 is 22.7 Å². The zero-order chi connectivity index (χ0) is 37.8. The van der Waals surface area contributed by atoms with Crippen LogP contribution in [0, 0.1) is 23.5 Å². The van der Waals surface area contributed by atoms with Gasteiger partial charge in [-0.3, -0.25) is 4.90 Å². The second-order valence-electron chi connectivity index (χ2n) is 15.0. The molecule has 2 aliphatic heterocycles. The van der Waals surface area contributed by atoms with Gasteiger partial charge in [0, 0.05) is 46.1 Å². The van der Waals surface area contributed by atoms with Crippen LogP contribution in [0.15, 0.2) is 72.1 Å². The number of fused-ring (bicyclic) bond motifs is 2. The minimum absolute atomic E-state index is 0.0290. The second kappa shape index (κ2) is 16.7. The number of hydrogen-bond acceptors (Lipinski definition) is 7. The van der Waals surface area contributed by atoms with Crippen molar-refractivity contribution in [2.24, 2.45) is 11.8 Å². The number of thiophene rings is 2. The van der Waals surface area contributed by atoms with Gasteiger partial charge in [0.1, 0.15) is 11.6 Å². The summed E-state index contributed by atoms with van der Waals surface area (Å²) < 4.78 is 32.7. The van der Waals surface area contributed by atoms with E-state index >= 15 is 4.39 Å². The van der Waals surface area contributed by atoms with Crippen LogP contribution < -0.4 is 9.82 Å². The molecule has 0 bridgehead atoms. The normalized spacial score (nSPS) is 22.3. The van der Waals surface area contributed by atoms with E-state index in [0.717, 1.165) is 59.5 Å². The molecule has 0 aliphatic carbocycles. The summed E-state index contributed by atoms with van der Waals surface area (Å²) in [6.45, 7) is 15.6. The average Bonchev–Trinajstić information content (AvgIpc) is 3.76. The van der Waals surface area contributed by atoms with E-state index in [1.807, 2.05) is 18.2 Å². The highest BCUT2D eigenvalue weighted by Gasteiger charge is 2.43. The van der Waals surface area contributed by atoms with E-state index in [-0.39, 0.29) is 17.6 Å². The Labute approximate surface area is 312 Å². The van der Waals surface area contributed by atoms with Gasteiger partial charge in [-0.15, -0.1) is 22.7 Å². The molecule has 4 heterocycles. The Morgan fingerprint density at radius 1 is 0.942 bits per heavy atom. The van der Waals surface area contributed by atoms with Gasteiger partial charge in [-0.1, -0.05) is 76.0 Å². The third-order valence-electron chi connectivity index (χ3n) is 10.2. The highest BCUT2D eigenvalue weighted by atomic mass is 32.1. The topological polar surface area (TPSA) is 110 Å². The summed E-state index contributed by atoms with van der Waals surface area (Å²) in [6.07, 6.45) is 1.59. The maximum atomic E-state index is 15.1. The number of carboxylic acid groups (broad SMARTS) is 2. The molecular weight excluding hydrogens is 719 g/mol. The van der Waals surface area contributed by atoms with Crippen LogP contribution in [0.25, 0.3) is 20.2 Å². The number of rotatable bonds is 5. The first-order valence-corrected chi connectivity index (χ1v) is 22.8. The predicted octanol–water partition coefficient (Wildman–Crippen LogP) is 8.22. The van der Waals surface area contributed by atoms with Gasteiger partial charge in [-0.25, -0.2) is 18.4 Å². The molecule has 2 fully saturated rings. The molecule has 52 heavy (non-hydrogen) atoms. The average molecular weight is 767 g/mol. The fourth-order valence-corrected chi connectivity index (χ4v) is 11.4. The molecule has 2 aromatic heterocycles. The number of aliphatic hydroxyl groups is 1. The van der Waals surface area contributed by atoms with E-state index in [0.29, 0.717) is 23.8 Å². The number of aliphatic carboxylic acids is 2. The van der Waals surface area contributed by atoms with Crippen LogP contribution in [-0.2, 0) is 21.7 Å². The van der Waals surface area contributed by atoms with Gasteiger partial charge in [-0.2, -0.15) is 0 Å². The zero-order valence-corrected chi connectivity index (χ0v) is 32.9. The van der Waals surface area contributed by atoms with Crippen molar-refractivity contribution >= 4 is 67.4 Å². The van der Waals surface area contributed by atoms with Crippen molar-refractivity contribution in [3.63, 3.8) is 0 Å². The molecule has 5 aromatic rings. The lowest BCUT2D eigenvalue weighted by Gasteiger charge is -2.44. The van der Waals surface area contributed by atoms with Gasteiger partial charge in [0.15, 0.2) is 0 Å². The Morgan fingerprint density at radius 2 is 1.62 bits per heavy atom. The summed E-state index contributed by atoms with van der Waals surface area (Å²) in [7, 11) is -1.50. The first kappa shape index (κ1) is 39.7. The van der Waals surface area contributed by atoms with Crippen molar-refractivity contribution < 1.29 is 33.7 Å². The Morgan fingerprint density at radius 3 is 2.25 bits per heavy atom. The Kier molecular flexibility index (Phi) is 12.7. The molecule has 4 atom stereocenters. The fraction of sp³-hybridized carbons (Fsp3) is 0.400. The quantitative estimate of drug-likeness (QED) is 0.105. The van der Waals surface area contributed by atoms with E-state index in [9.17, 15) is 9.50 Å². The third kappa shape index (κ3) is 8.98. The molecule has 3 aromatic carbocycles. The lowest BCUT2D eigenvalue weighted by molar-refractivity contribution is -0.159. The van der Waals surface area contributed by atoms with Crippen LogP contribution in [0.4, 0.5) is 8.78 Å². The highest BCUT2D eigenvalue weighted by Crippen LogP contribution is 2.44. The summed E-state index contributed by atoms with van der Waals surface area (Å²) in [5.74, 6) is -3.13. The van der Waals surface area contributed by atoms with Crippen molar-refractivity contribution in [1.82, 2.24) is 10.2 Å². The maximum Gasteiger partial charge on any atom is 0.414 e. The molecule has 0 radical (unpaired) electrons. The van der Waals surface area contributed by atoms with E-state index in [4.69, 9.17) is 19.8 Å². The summed E-state index contributed by atoms with van der Waals surface area (Å²) in [4.78, 5) is 20.6. The van der Waals surface area contributed by atoms with Crippen LogP contribution in [0.5, 0.6) is 0 Å². The summed E-state index contributed by atoms with van der Waals surface area (Å²) in [6, 6.07) is 21.6. The molecule has 0 amide bonds. The molecule has 2 aliphatic rings. The number of carbonyl (C=O) groups is 2. The van der Waals surface area contributed by atoms with Gasteiger partial charge in [0.2, 0.25) is 0 Å². The van der Waals surface area contributed by atoms with Gasteiger partial charge in [-0.05, 0) is 88.2 Å². The first-order valence-electron chi connectivity index (χ1n) is 17.6. The molecule has 0 spiro atoms. The van der Waals surface area contributed by atoms with Crippen molar-refractivity contribution in [2.75, 3.05) is 26.2 Å². The number of nitrogens with one attached hydrogen (secondary N) is 1. The van der Waals surface area contributed by atoms with Gasteiger partial charge < -0.3 is 20.6 Å². The van der Waals surface area contributed by atoms with E-state index in [2.05, 4.69) is 85.5 Å². The smallest absolute Gasteiger partial charge is 0.414 e. The van der Waals surface area contributed by atoms with E-state index in [1.165, 1.54) is 15.5 Å². The lowest BCUT2D eigenvalue weighted by Crippen LogP contribution is -2.49. The largest absolute Gasteiger partial charge is 0.473 e. The highest BCUT2D eigenvalue weighted by molar-refractivity contribution is 7.31. The fourth-order valence-electron chi connectivity index (χ4n) is 7.23. The molecule has 7 rings (SSSR count). The Hall–Kier alpha value is -3.52. The molecule has 4 N–H and O–H groups in total. The number of likely N-dealkylation sites (tertiary alicyclic amines) is 1. The van der Waals surface area contributed by atoms with E-state index in [1.54, 1.807) is 34.8 Å². The Bertz CT molecular complexity index is 2000. The van der Waals surface area contributed by atoms with Crippen molar-refractivity contribution in [2.45, 2.75) is 64.4 Å². The zero-order valence-electron chi connectivity index (χ0n) is 30.3. The molecule has 278 valence electrons. The summed E-state index contributed by atoms with van der Waals surface area (Å²) in [5.41, 5.74) is 1.62. The van der Waals surface area contributed by atoms with Gasteiger partial charge in [0.25, 0.3) is 0 Å². The number of carboxylic acids is 2. The molecule has 0 saturated carbocycles. The first-order chi connectivity index (χ1) is 24.6. The number of benzene rings is 3. The molecule has 12 heteroatoms. The van der Waals surface area contributed by atoms with E-state index < -0.39 is 25.6 Å². The number of hydrogen-bond donors (Lipinski definition) is 4. The molecule has 2 saturated heterocycles. The van der Waals surface area contributed by atoms with Gasteiger partial charge in [0.05, 0.1) is 13.7 Å². The van der Waals surface area contributed by atoms with Crippen molar-refractivity contribution in [3.05, 3.63) is 100 Å². The van der Waals surface area contributed by atoms with Crippen LogP contribution in [0.2, 0.25) is 19.6 Å². The number of piperidine rings is 2. The number of nitrogens with zero attached hydrogens (tertiary/aromatic N) is 1. The lowest BCUT2D eigenvalue weighted by atomic mass is 9.76. The minimum Gasteiger partial charge on any atom is -0.473 e. The maximum absolute atomic E-state index is 15.1. The molecule has 7 nitrogen and oxygen atoms in total. The van der Waals surface area contributed by atoms with Gasteiger partial charge >= 0.3 is 11.9 Å². The summed E-state index contributed by atoms with van der Waals surface area (Å²) >= 11 is 3.35. The predicted molar refractivity (Wildman–Crippen MR) is 211 cm³/mol. The summed E-state index contributed by atoms with van der Waals surface area (Å²) in [5, 5.41) is 34.2. The second-order valence-corrected chi connectivity index (χ2v) is 22.4. The monoisotopic (exact) mass is 766 g/mol. The van der Waals surface area contributed by atoms with Crippen LogP contribution in [0.3, 0.4) is 0 Å². The third-order valence-corrected chi connectivity index (χ3v) is 15.9. The number of halogens is 2. The van der Waals surface area contributed by atoms with Crippen molar-refractivity contribution in [1.29, 1.82) is 0 Å². The molecular formula is C40H48F2N2O5S2Si. The van der Waals surface area contributed by atoms with Crippen LogP contribution in [0.1, 0.15) is 49.3 Å². The standard InChI is InChI=1S/C24H30FNOSSi.C14H16FNS.C2H2O4/c1-17-15-26(16-18-8-6-5-7-9-18)13-12-24(17,27)22-20(25)11-10-19-14-21(28-23(19)22)29(2,3)4;1-9-8-16-6-4-11(9)13-12(15)3-2-10-5-7-17-14(10)13;3-1(4)2(5)6/h5-11,14,17,27H,12-13,15-16H2,1-4H3;2-3,5,7,9,11,16H,4,6,8H2,1H3;(H,3,4)(H,5,6). The van der Waals surface area contributed by atoms with Crippen molar-refractivity contribution in [3.8, 4) is 0 Å². The minimum atomic E-state index is -1.82. The Balaban J connectivity index is 0.000000191. The SMILES string of the molecule is CC1CN(Cc2ccccc2)CCC1(O)c1c(F)ccc2cc([Si](C)(C)C)sc12.CC1CNCCC1c1c(F)ccc2ccsc12.O=C(O)C(=O)O.